The van der Waals surface area contributed by atoms with Crippen molar-refractivity contribution in [2.24, 2.45) is 23.2 Å². The van der Waals surface area contributed by atoms with Gasteiger partial charge in [0.25, 0.3) is 0 Å². The summed E-state index contributed by atoms with van der Waals surface area (Å²) in [6.45, 7) is 6.36. The Labute approximate surface area is 138 Å². The van der Waals surface area contributed by atoms with Crippen molar-refractivity contribution in [2.75, 3.05) is 7.11 Å². The fourth-order valence-corrected chi connectivity index (χ4v) is 5.81. The first-order valence-corrected chi connectivity index (χ1v) is 8.91. The molecule has 5 atom stereocenters. The molecule has 2 saturated carbocycles. The van der Waals surface area contributed by atoms with E-state index < -0.39 is 0 Å². The molecule has 0 aromatic heterocycles. The number of hydrogen-bond donors (Lipinski definition) is 0. The Hall–Kier alpha value is -1.57. The van der Waals surface area contributed by atoms with Crippen LogP contribution < -0.4 is 4.74 Å². The number of allylic oxidation sites excluding steroid dienone is 1. The molecule has 23 heavy (non-hydrogen) atoms. The van der Waals surface area contributed by atoms with Gasteiger partial charge in [0, 0.05) is 11.8 Å². The first-order chi connectivity index (χ1) is 11.1. The summed E-state index contributed by atoms with van der Waals surface area (Å²) in [4.78, 5) is 12.5. The molecule has 2 fully saturated rings. The quantitative estimate of drug-likeness (QED) is 0.750. The summed E-state index contributed by atoms with van der Waals surface area (Å²) in [7, 11) is 1.73. The van der Waals surface area contributed by atoms with Crippen LogP contribution in [0.25, 0.3) is 0 Å². The predicted molar refractivity (Wildman–Crippen MR) is 91.7 cm³/mol. The minimum atomic E-state index is -0.0770. The topological polar surface area (TPSA) is 26.3 Å². The van der Waals surface area contributed by atoms with Crippen molar-refractivity contribution >= 4 is 5.78 Å². The van der Waals surface area contributed by atoms with E-state index in [1.807, 2.05) is 0 Å². The number of methoxy groups -OCH3 is 1. The first-order valence-electron chi connectivity index (χ1n) is 8.91. The van der Waals surface area contributed by atoms with E-state index in [4.69, 9.17) is 4.74 Å². The Bertz CT molecular complexity index is 662. The Morgan fingerprint density at radius 3 is 2.91 bits per heavy atom. The Balaban J connectivity index is 1.78. The SMILES string of the molecule is C=C[C@@H]1Cc2cc(OC)ccc2[C@H]2CC[C@]3(C)C(=O)CC[C@H]3[C@H]12. The van der Waals surface area contributed by atoms with Gasteiger partial charge in [0.15, 0.2) is 0 Å². The largest absolute Gasteiger partial charge is 0.497 e. The number of carbonyl (C=O) groups excluding carboxylic acids is 1. The van der Waals surface area contributed by atoms with Crippen molar-refractivity contribution in [1.82, 2.24) is 0 Å². The molecule has 3 aliphatic carbocycles. The maximum atomic E-state index is 12.5. The molecule has 3 aliphatic rings. The molecule has 122 valence electrons. The highest BCUT2D eigenvalue weighted by Crippen LogP contribution is 2.61. The van der Waals surface area contributed by atoms with Crippen LogP contribution in [0.2, 0.25) is 0 Å². The van der Waals surface area contributed by atoms with Crippen LogP contribution in [-0.2, 0) is 11.2 Å². The van der Waals surface area contributed by atoms with Gasteiger partial charge in [-0.25, -0.2) is 0 Å². The second-order valence-electron chi connectivity index (χ2n) is 7.88. The lowest BCUT2D eigenvalue weighted by molar-refractivity contribution is -0.129. The Morgan fingerprint density at radius 1 is 1.35 bits per heavy atom. The molecule has 0 amide bonds. The number of ketones is 1. The Morgan fingerprint density at radius 2 is 2.17 bits per heavy atom. The van der Waals surface area contributed by atoms with Crippen molar-refractivity contribution in [2.45, 2.75) is 44.9 Å². The molecule has 0 aliphatic heterocycles. The number of ether oxygens (including phenoxy) is 1. The summed E-state index contributed by atoms with van der Waals surface area (Å²) in [6, 6.07) is 6.57. The average molecular weight is 310 g/mol. The van der Waals surface area contributed by atoms with Crippen LogP contribution in [-0.4, -0.2) is 12.9 Å². The van der Waals surface area contributed by atoms with E-state index in [2.05, 4.69) is 37.8 Å². The molecule has 2 nitrogen and oxygen atoms in total. The molecule has 0 heterocycles. The lowest BCUT2D eigenvalue weighted by Gasteiger charge is -2.51. The van der Waals surface area contributed by atoms with Crippen molar-refractivity contribution in [3.63, 3.8) is 0 Å². The highest BCUT2D eigenvalue weighted by atomic mass is 16.5. The molecule has 0 spiro atoms. The summed E-state index contributed by atoms with van der Waals surface area (Å²) in [5, 5.41) is 0. The number of fused-ring (bicyclic) bond motifs is 5. The minimum Gasteiger partial charge on any atom is -0.497 e. The van der Waals surface area contributed by atoms with Crippen LogP contribution in [0, 0.1) is 23.2 Å². The maximum absolute atomic E-state index is 12.5. The van der Waals surface area contributed by atoms with Crippen LogP contribution in [0.3, 0.4) is 0 Å². The lowest BCUT2D eigenvalue weighted by atomic mass is 9.53. The molecule has 4 rings (SSSR count). The standard InChI is InChI=1S/C21H26O2/c1-4-13-11-14-12-15(23-3)5-6-16(14)17-9-10-21(2)18(20(13)17)7-8-19(21)22/h4-6,12-13,17-18,20H,1,7-11H2,2-3H3/t13-,17-,18+,20-,21+/m1/s1. The van der Waals surface area contributed by atoms with E-state index in [9.17, 15) is 4.79 Å². The molecule has 0 radical (unpaired) electrons. The summed E-state index contributed by atoms with van der Waals surface area (Å²) in [5.74, 6) is 3.63. The van der Waals surface area contributed by atoms with Gasteiger partial charge in [-0.05, 0) is 72.6 Å². The zero-order valence-corrected chi connectivity index (χ0v) is 14.2. The minimum absolute atomic E-state index is 0.0770. The van der Waals surface area contributed by atoms with E-state index in [1.165, 1.54) is 11.1 Å². The average Bonchev–Trinajstić information content (AvgIpc) is 2.88. The third kappa shape index (κ3) is 2.03. The van der Waals surface area contributed by atoms with Gasteiger partial charge >= 0.3 is 0 Å². The fourth-order valence-electron chi connectivity index (χ4n) is 5.81. The van der Waals surface area contributed by atoms with E-state index >= 15 is 0 Å². The third-order valence-corrected chi connectivity index (χ3v) is 7.04. The number of rotatable bonds is 2. The molecule has 0 N–H and O–H groups in total. The van der Waals surface area contributed by atoms with Crippen molar-refractivity contribution < 1.29 is 9.53 Å². The van der Waals surface area contributed by atoms with E-state index in [0.717, 1.165) is 37.9 Å². The molecule has 0 unspecified atom stereocenters. The zero-order valence-electron chi connectivity index (χ0n) is 14.2. The van der Waals surface area contributed by atoms with Gasteiger partial charge in [-0.1, -0.05) is 19.1 Å². The van der Waals surface area contributed by atoms with Crippen LogP contribution in [0.15, 0.2) is 30.9 Å². The van der Waals surface area contributed by atoms with Gasteiger partial charge in [0.2, 0.25) is 0 Å². The van der Waals surface area contributed by atoms with Crippen LogP contribution in [0.5, 0.6) is 5.75 Å². The van der Waals surface area contributed by atoms with Crippen molar-refractivity contribution in [3.05, 3.63) is 42.0 Å². The molecular weight excluding hydrogens is 284 g/mol. The van der Waals surface area contributed by atoms with Gasteiger partial charge in [-0.15, -0.1) is 6.58 Å². The molecular formula is C21H26O2. The number of hydrogen-bond acceptors (Lipinski definition) is 2. The molecule has 0 bridgehead atoms. The highest BCUT2D eigenvalue weighted by molar-refractivity contribution is 5.87. The molecule has 0 saturated heterocycles. The summed E-state index contributed by atoms with van der Waals surface area (Å²) in [5.41, 5.74) is 2.84. The van der Waals surface area contributed by atoms with E-state index in [-0.39, 0.29) is 5.41 Å². The van der Waals surface area contributed by atoms with Gasteiger partial charge in [0.05, 0.1) is 7.11 Å². The van der Waals surface area contributed by atoms with E-state index in [0.29, 0.717) is 29.5 Å². The highest BCUT2D eigenvalue weighted by Gasteiger charge is 2.56. The Kier molecular flexibility index (Phi) is 3.40. The summed E-state index contributed by atoms with van der Waals surface area (Å²) >= 11 is 0. The second-order valence-corrected chi connectivity index (χ2v) is 7.88. The number of Topliss-reactive ketones (excluding diaryl/α,β-unsaturated/α-hetero) is 1. The van der Waals surface area contributed by atoms with E-state index in [1.54, 1.807) is 7.11 Å². The van der Waals surface area contributed by atoms with Crippen LogP contribution in [0.1, 0.15) is 49.7 Å². The summed E-state index contributed by atoms with van der Waals surface area (Å²) < 4.78 is 5.41. The fraction of sp³-hybridized carbons (Fsp3) is 0.571. The van der Waals surface area contributed by atoms with Gasteiger partial charge in [0.1, 0.15) is 11.5 Å². The molecule has 1 aromatic rings. The number of benzene rings is 1. The normalized spacial score (nSPS) is 38.4. The lowest BCUT2D eigenvalue weighted by Crippen LogP contribution is -2.45. The van der Waals surface area contributed by atoms with Crippen molar-refractivity contribution in [3.8, 4) is 5.75 Å². The second kappa shape index (κ2) is 5.22. The summed E-state index contributed by atoms with van der Waals surface area (Å²) in [6.07, 6.45) is 7.22. The van der Waals surface area contributed by atoms with Gasteiger partial charge in [-0.3, -0.25) is 4.79 Å². The van der Waals surface area contributed by atoms with Gasteiger partial charge < -0.3 is 4.74 Å². The first kappa shape index (κ1) is 15.0. The van der Waals surface area contributed by atoms with Crippen LogP contribution >= 0.6 is 0 Å². The van der Waals surface area contributed by atoms with Gasteiger partial charge in [-0.2, -0.15) is 0 Å². The smallest absolute Gasteiger partial charge is 0.139 e. The third-order valence-electron chi connectivity index (χ3n) is 7.04. The van der Waals surface area contributed by atoms with Crippen molar-refractivity contribution in [1.29, 1.82) is 0 Å². The zero-order chi connectivity index (χ0) is 16.2. The molecule has 2 heteroatoms. The maximum Gasteiger partial charge on any atom is 0.139 e. The molecule has 1 aromatic carbocycles. The predicted octanol–water partition coefficient (Wildman–Crippen LogP) is 4.53. The van der Waals surface area contributed by atoms with Crippen LogP contribution in [0.4, 0.5) is 0 Å². The number of carbonyl (C=O) groups is 1. The monoisotopic (exact) mass is 310 g/mol.